The average molecular weight is 310 g/mol. The van der Waals surface area contributed by atoms with Crippen LogP contribution in [0.3, 0.4) is 0 Å². The van der Waals surface area contributed by atoms with E-state index in [0.29, 0.717) is 15.6 Å². The number of benzene rings is 1. The zero-order valence-corrected chi connectivity index (χ0v) is 12.9. The van der Waals surface area contributed by atoms with E-state index in [4.69, 9.17) is 0 Å². The minimum absolute atomic E-state index is 0.168. The number of sulfone groups is 1. The van der Waals surface area contributed by atoms with E-state index < -0.39 is 9.84 Å². The highest BCUT2D eigenvalue weighted by Crippen LogP contribution is 2.28. The monoisotopic (exact) mass is 310 g/mol. The van der Waals surface area contributed by atoms with Gasteiger partial charge in [0.05, 0.1) is 10.6 Å². The Bertz CT molecular complexity index is 746. The summed E-state index contributed by atoms with van der Waals surface area (Å²) in [7, 11) is -1.63. The number of aromatic nitrogens is 1. The highest BCUT2D eigenvalue weighted by Gasteiger charge is 2.15. The van der Waals surface area contributed by atoms with E-state index in [1.807, 2.05) is 0 Å². The third-order valence-electron chi connectivity index (χ3n) is 2.76. The van der Waals surface area contributed by atoms with Gasteiger partial charge >= 0.3 is 0 Å². The number of carbonyl (C=O) groups is 1. The Morgan fingerprint density at radius 1 is 1.25 bits per heavy atom. The van der Waals surface area contributed by atoms with Gasteiger partial charge in [0, 0.05) is 18.9 Å². The van der Waals surface area contributed by atoms with Crippen LogP contribution in [0.4, 0.5) is 0 Å². The van der Waals surface area contributed by atoms with Crippen molar-refractivity contribution in [1.29, 1.82) is 0 Å². The number of amides is 1. The molecule has 1 N–H and O–H groups in total. The van der Waals surface area contributed by atoms with Crippen LogP contribution in [-0.4, -0.2) is 32.6 Å². The van der Waals surface area contributed by atoms with Crippen LogP contribution in [0.1, 0.15) is 15.4 Å². The van der Waals surface area contributed by atoms with Gasteiger partial charge in [-0.2, -0.15) is 0 Å². The molecule has 1 amide bonds. The molecule has 0 saturated heterocycles. The first kappa shape index (κ1) is 14.7. The summed E-state index contributed by atoms with van der Waals surface area (Å²) in [6, 6.07) is 6.48. The number of rotatable bonds is 3. The van der Waals surface area contributed by atoms with Crippen molar-refractivity contribution < 1.29 is 13.2 Å². The highest BCUT2D eigenvalue weighted by molar-refractivity contribution is 7.90. The Hall–Kier alpha value is -1.73. The van der Waals surface area contributed by atoms with Crippen molar-refractivity contribution in [2.24, 2.45) is 0 Å². The lowest BCUT2D eigenvalue weighted by Gasteiger charge is -1.99. The maximum absolute atomic E-state index is 11.6. The van der Waals surface area contributed by atoms with Gasteiger partial charge in [0.25, 0.3) is 5.91 Å². The molecule has 0 bridgehead atoms. The second kappa shape index (κ2) is 5.34. The quantitative estimate of drug-likeness (QED) is 0.939. The molecule has 20 heavy (non-hydrogen) atoms. The third kappa shape index (κ3) is 2.88. The van der Waals surface area contributed by atoms with Crippen LogP contribution in [0.15, 0.2) is 29.2 Å². The first-order chi connectivity index (χ1) is 9.32. The molecule has 0 unspecified atom stereocenters. The number of nitrogens with zero attached hydrogens (tertiary/aromatic N) is 1. The molecule has 2 rings (SSSR count). The van der Waals surface area contributed by atoms with Gasteiger partial charge in [-0.05, 0) is 19.1 Å². The molecule has 2 aromatic rings. The molecule has 7 heteroatoms. The smallest absolute Gasteiger partial charge is 0.263 e. The maximum Gasteiger partial charge on any atom is 0.263 e. The van der Waals surface area contributed by atoms with Crippen LogP contribution < -0.4 is 5.32 Å². The van der Waals surface area contributed by atoms with Crippen molar-refractivity contribution >= 4 is 27.1 Å². The highest BCUT2D eigenvalue weighted by atomic mass is 32.2. The molecule has 0 aliphatic carbocycles. The van der Waals surface area contributed by atoms with E-state index in [1.165, 1.54) is 17.6 Å². The lowest BCUT2D eigenvalue weighted by Crippen LogP contribution is -2.17. The Labute approximate surface area is 121 Å². The molecular formula is C13H14N2O3S2. The molecule has 1 aromatic heterocycles. The normalized spacial score (nSPS) is 11.3. The first-order valence-corrected chi connectivity index (χ1v) is 8.53. The van der Waals surface area contributed by atoms with E-state index in [1.54, 1.807) is 38.2 Å². The average Bonchev–Trinajstić information content (AvgIpc) is 2.79. The molecular weight excluding hydrogens is 296 g/mol. The van der Waals surface area contributed by atoms with Crippen molar-refractivity contribution in [2.45, 2.75) is 11.8 Å². The topological polar surface area (TPSA) is 76.1 Å². The number of carbonyl (C=O) groups excluding carboxylic acids is 1. The Balaban J connectivity index is 2.40. The number of hydrogen-bond acceptors (Lipinski definition) is 5. The van der Waals surface area contributed by atoms with E-state index in [-0.39, 0.29) is 10.8 Å². The molecule has 106 valence electrons. The summed E-state index contributed by atoms with van der Waals surface area (Å²) in [5, 5.41) is 3.26. The first-order valence-electron chi connectivity index (χ1n) is 5.83. The summed E-state index contributed by atoms with van der Waals surface area (Å²) in [5.74, 6) is -0.168. The lowest BCUT2D eigenvalue weighted by molar-refractivity contribution is 0.0966. The summed E-state index contributed by atoms with van der Waals surface area (Å²) in [5.41, 5.74) is 1.46. The zero-order valence-electron chi connectivity index (χ0n) is 11.3. The van der Waals surface area contributed by atoms with Gasteiger partial charge in [-0.1, -0.05) is 12.1 Å². The molecule has 5 nitrogen and oxygen atoms in total. The standard InChI is InChI=1S/C13H14N2O3S2/c1-8-11(12(16)14-2)19-13(15-8)9-4-6-10(7-5-9)20(3,17)18/h4-7H,1-3H3,(H,14,16). The van der Waals surface area contributed by atoms with E-state index in [2.05, 4.69) is 10.3 Å². The summed E-state index contributed by atoms with van der Waals surface area (Å²) in [6.07, 6.45) is 1.17. The van der Waals surface area contributed by atoms with Crippen LogP contribution in [0.25, 0.3) is 10.6 Å². The SMILES string of the molecule is CNC(=O)c1sc(-c2ccc(S(C)(=O)=O)cc2)nc1C. The van der Waals surface area contributed by atoms with Crippen molar-refractivity contribution in [2.75, 3.05) is 13.3 Å². The van der Waals surface area contributed by atoms with Crippen molar-refractivity contribution in [3.8, 4) is 10.6 Å². The summed E-state index contributed by atoms with van der Waals surface area (Å²) < 4.78 is 22.8. The lowest BCUT2D eigenvalue weighted by atomic mass is 10.2. The maximum atomic E-state index is 11.6. The molecule has 0 saturated carbocycles. The fourth-order valence-electron chi connectivity index (χ4n) is 1.69. The summed E-state index contributed by atoms with van der Waals surface area (Å²) in [4.78, 5) is 16.8. The van der Waals surface area contributed by atoms with Crippen LogP contribution >= 0.6 is 11.3 Å². The van der Waals surface area contributed by atoms with Crippen molar-refractivity contribution in [1.82, 2.24) is 10.3 Å². The molecule has 0 radical (unpaired) electrons. The second-order valence-corrected chi connectivity index (χ2v) is 7.32. The van der Waals surface area contributed by atoms with Gasteiger partial charge < -0.3 is 5.32 Å². The number of aryl methyl sites for hydroxylation is 1. The number of nitrogens with one attached hydrogen (secondary N) is 1. The summed E-state index contributed by atoms with van der Waals surface area (Å²) >= 11 is 1.29. The summed E-state index contributed by atoms with van der Waals surface area (Å²) in [6.45, 7) is 1.77. The van der Waals surface area contributed by atoms with Crippen LogP contribution in [0.5, 0.6) is 0 Å². The van der Waals surface area contributed by atoms with Gasteiger partial charge in [0.2, 0.25) is 0 Å². The molecule has 1 heterocycles. The number of hydrogen-bond donors (Lipinski definition) is 1. The molecule has 0 atom stereocenters. The van der Waals surface area contributed by atoms with Crippen LogP contribution in [0, 0.1) is 6.92 Å². The zero-order chi connectivity index (χ0) is 14.9. The van der Waals surface area contributed by atoms with Gasteiger partial charge in [-0.25, -0.2) is 13.4 Å². The minimum atomic E-state index is -3.20. The number of thiazole rings is 1. The largest absolute Gasteiger partial charge is 0.354 e. The predicted molar refractivity (Wildman–Crippen MR) is 78.8 cm³/mol. The fourth-order valence-corrected chi connectivity index (χ4v) is 3.34. The van der Waals surface area contributed by atoms with E-state index in [0.717, 1.165) is 5.56 Å². The van der Waals surface area contributed by atoms with Crippen LogP contribution in [-0.2, 0) is 9.84 Å². The third-order valence-corrected chi connectivity index (χ3v) is 5.09. The van der Waals surface area contributed by atoms with E-state index >= 15 is 0 Å². The van der Waals surface area contributed by atoms with Crippen molar-refractivity contribution in [3.63, 3.8) is 0 Å². The predicted octanol–water partition coefficient (Wildman–Crippen LogP) is 1.88. The van der Waals surface area contributed by atoms with Gasteiger partial charge in [0.1, 0.15) is 9.88 Å². The molecule has 0 aliphatic heterocycles. The molecule has 0 aliphatic rings. The van der Waals surface area contributed by atoms with Gasteiger partial charge in [-0.3, -0.25) is 4.79 Å². The fraction of sp³-hybridized carbons (Fsp3) is 0.231. The molecule has 1 aromatic carbocycles. The minimum Gasteiger partial charge on any atom is -0.354 e. The van der Waals surface area contributed by atoms with Crippen molar-refractivity contribution in [3.05, 3.63) is 34.8 Å². The Kier molecular flexibility index (Phi) is 3.92. The Morgan fingerprint density at radius 3 is 2.35 bits per heavy atom. The van der Waals surface area contributed by atoms with Gasteiger partial charge in [-0.15, -0.1) is 11.3 Å². The Morgan fingerprint density at radius 2 is 1.85 bits per heavy atom. The van der Waals surface area contributed by atoms with E-state index in [9.17, 15) is 13.2 Å². The van der Waals surface area contributed by atoms with Gasteiger partial charge in [0.15, 0.2) is 9.84 Å². The second-order valence-electron chi connectivity index (χ2n) is 4.31. The van der Waals surface area contributed by atoms with Crippen LogP contribution in [0.2, 0.25) is 0 Å². The molecule has 0 spiro atoms. The molecule has 0 fully saturated rings.